The number of fused-ring (bicyclic) bond motifs is 7. The Morgan fingerprint density at radius 3 is 1.80 bits per heavy atom. The molecule has 2 unspecified atom stereocenters. The molecule has 1 nitrogen and oxygen atoms in total. The van der Waals surface area contributed by atoms with E-state index in [0.717, 1.165) is 0 Å². The third-order valence-corrected chi connectivity index (χ3v) is 12.2. The quantitative estimate of drug-likeness (QED) is 0.197. The molecule has 1 aliphatic heterocycles. The number of para-hydroxylation sites is 1. The summed E-state index contributed by atoms with van der Waals surface area (Å²) in [6.07, 6.45) is 5.01. The monoisotopic (exact) mass is 595 g/mol. The van der Waals surface area contributed by atoms with Gasteiger partial charge in [0.25, 0.3) is 0 Å². The minimum Gasteiger partial charge on any atom is -0.334 e. The third-order valence-electron chi connectivity index (χ3n) is 12.2. The summed E-state index contributed by atoms with van der Waals surface area (Å²) in [5, 5.41) is 2.63. The Labute approximate surface area is 273 Å². The van der Waals surface area contributed by atoms with Gasteiger partial charge in [-0.3, -0.25) is 0 Å². The van der Waals surface area contributed by atoms with Crippen molar-refractivity contribution in [1.29, 1.82) is 0 Å². The molecule has 226 valence electrons. The molecule has 0 amide bonds. The van der Waals surface area contributed by atoms with Crippen LogP contribution in [-0.4, -0.2) is 5.54 Å². The van der Waals surface area contributed by atoms with Crippen molar-refractivity contribution in [3.05, 3.63) is 144 Å². The number of rotatable bonds is 3. The zero-order valence-corrected chi connectivity index (χ0v) is 27.4. The van der Waals surface area contributed by atoms with Gasteiger partial charge < -0.3 is 4.90 Å². The highest BCUT2D eigenvalue weighted by Gasteiger charge is 2.57. The van der Waals surface area contributed by atoms with Gasteiger partial charge in [0.05, 0.1) is 5.54 Å². The molecule has 9 rings (SSSR count). The van der Waals surface area contributed by atoms with E-state index in [0.29, 0.717) is 0 Å². The average molecular weight is 596 g/mol. The second-order valence-corrected chi connectivity index (χ2v) is 14.9. The predicted octanol–water partition coefficient (Wildman–Crippen LogP) is 12.2. The zero-order chi connectivity index (χ0) is 31.3. The zero-order valence-electron chi connectivity index (χ0n) is 27.4. The van der Waals surface area contributed by atoms with Gasteiger partial charge in [-0.15, -0.1) is 0 Å². The summed E-state index contributed by atoms with van der Waals surface area (Å²) in [7, 11) is 0. The van der Waals surface area contributed by atoms with E-state index in [1.807, 2.05) is 0 Å². The first-order valence-corrected chi connectivity index (χ1v) is 17.1. The van der Waals surface area contributed by atoms with Crippen LogP contribution in [0.1, 0.15) is 70.1 Å². The summed E-state index contributed by atoms with van der Waals surface area (Å²) in [6.45, 7) is 9.78. The second-order valence-electron chi connectivity index (χ2n) is 14.9. The van der Waals surface area contributed by atoms with Crippen molar-refractivity contribution < 1.29 is 0 Å². The van der Waals surface area contributed by atoms with Crippen molar-refractivity contribution in [2.75, 3.05) is 4.90 Å². The van der Waals surface area contributed by atoms with Crippen molar-refractivity contribution in [3.8, 4) is 33.4 Å². The summed E-state index contributed by atoms with van der Waals surface area (Å²) in [6, 6.07) is 48.2. The van der Waals surface area contributed by atoms with Crippen molar-refractivity contribution in [1.82, 2.24) is 0 Å². The van der Waals surface area contributed by atoms with Crippen molar-refractivity contribution in [3.63, 3.8) is 0 Å². The molecule has 1 fully saturated rings. The van der Waals surface area contributed by atoms with E-state index in [1.54, 1.807) is 0 Å². The molecular formula is C45H41N. The molecule has 0 bridgehead atoms. The highest BCUT2D eigenvalue weighted by atomic mass is 15.3. The van der Waals surface area contributed by atoms with Gasteiger partial charge in [-0.1, -0.05) is 131 Å². The van der Waals surface area contributed by atoms with Crippen LogP contribution in [0.25, 0.3) is 44.2 Å². The number of benzene rings is 6. The maximum Gasteiger partial charge on any atom is 0.0517 e. The second kappa shape index (κ2) is 9.69. The summed E-state index contributed by atoms with van der Waals surface area (Å²) in [5.74, 6) is 0. The van der Waals surface area contributed by atoms with Gasteiger partial charge in [0.2, 0.25) is 0 Å². The summed E-state index contributed by atoms with van der Waals surface area (Å²) in [4.78, 5) is 2.67. The number of hydrogen-bond acceptors (Lipinski definition) is 1. The fraction of sp³-hybridized carbons (Fsp3) is 0.244. The van der Waals surface area contributed by atoms with Crippen LogP contribution in [0.4, 0.5) is 11.4 Å². The Morgan fingerprint density at radius 1 is 0.478 bits per heavy atom. The lowest BCUT2D eigenvalue weighted by Crippen LogP contribution is -2.54. The normalized spacial score (nSPS) is 22.3. The lowest BCUT2D eigenvalue weighted by atomic mass is 9.61. The van der Waals surface area contributed by atoms with Crippen molar-refractivity contribution in [2.45, 2.75) is 69.7 Å². The van der Waals surface area contributed by atoms with Gasteiger partial charge in [-0.05, 0) is 111 Å². The maximum absolute atomic E-state index is 2.67. The van der Waals surface area contributed by atoms with Gasteiger partial charge in [-0.2, -0.15) is 0 Å². The Morgan fingerprint density at radius 2 is 1.07 bits per heavy atom. The smallest absolute Gasteiger partial charge is 0.0517 e. The molecule has 2 atom stereocenters. The maximum atomic E-state index is 2.67. The lowest BCUT2D eigenvalue weighted by Gasteiger charge is -2.50. The van der Waals surface area contributed by atoms with E-state index in [9.17, 15) is 0 Å². The standard InChI is InChI=1S/C45H41N/c1-43(2)39-21-9-8-16-37(39)38-24-22-30(28-40(38)43)33-17-12-20-36-34(18-13-19-35(33)36)31-23-25-42-41(29-31)44(3)26-10-11-27-45(44,4)46(42)32-14-6-5-7-15-32/h5-9,12-25,28-29H,10-11,26-27H2,1-4H3. The highest BCUT2D eigenvalue weighted by molar-refractivity contribution is 6.05. The van der Waals surface area contributed by atoms with Crippen molar-refractivity contribution in [2.24, 2.45) is 0 Å². The molecule has 0 aromatic heterocycles. The molecule has 1 heterocycles. The van der Waals surface area contributed by atoms with Crippen LogP contribution in [0.15, 0.2) is 127 Å². The van der Waals surface area contributed by atoms with Crippen LogP contribution in [-0.2, 0) is 10.8 Å². The van der Waals surface area contributed by atoms with E-state index >= 15 is 0 Å². The van der Waals surface area contributed by atoms with Gasteiger partial charge >= 0.3 is 0 Å². The molecule has 0 saturated heterocycles. The summed E-state index contributed by atoms with van der Waals surface area (Å²) >= 11 is 0. The van der Waals surface area contributed by atoms with E-state index in [-0.39, 0.29) is 16.4 Å². The Balaban J connectivity index is 1.18. The van der Waals surface area contributed by atoms with Crippen molar-refractivity contribution >= 4 is 22.1 Å². The Bertz CT molecular complexity index is 2170. The molecular weight excluding hydrogens is 555 g/mol. The van der Waals surface area contributed by atoms with Crippen LogP contribution in [0.3, 0.4) is 0 Å². The molecule has 0 spiro atoms. The van der Waals surface area contributed by atoms with Crippen LogP contribution >= 0.6 is 0 Å². The lowest BCUT2D eigenvalue weighted by molar-refractivity contribution is 0.195. The van der Waals surface area contributed by atoms with Gasteiger partial charge in [-0.25, -0.2) is 0 Å². The SMILES string of the molecule is CC1(C)c2ccccc2-c2ccc(-c3cccc4c(-c5ccc6c(c5)C5(C)CCCCC5(C)N6c5ccccc5)cccc34)cc21. The molecule has 6 aromatic carbocycles. The molecule has 0 N–H and O–H groups in total. The largest absolute Gasteiger partial charge is 0.334 e. The first-order chi connectivity index (χ1) is 22.3. The van der Waals surface area contributed by atoms with Crippen LogP contribution in [0.2, 0.25) is 0 Å². The molecule has 3 aliphatic rings. The number of hydrogen-bond donors (Lipinski definition) is 0. The fourth-order valence-corrected chi connectivity index (χ4v) is 9.57. The van der Waals surface area contributed by atoms with Gasteiger partial charge in [0, 0.05) is 22.2 Å². The first-order valence-electron chi connectivity index (χ1n) is 17.1. The molecule has 46 heavy (non-hydrogen) atoms. The predicted molar refractivity (Wildman–Crippen MR) is 195 cm³/mol. The minimum atomic E-state index is -0.0144. The molecule has 2 aliphatic carbocycles. The molecule has 1 heteroatoms. The fourth-order valence-electron chi connectivity index (χ4n) is 9.57. The Hall–Kier alpha value is -4.62. The summed E-state index contributed by atoms with van der Waals surface area (Å²) < 4.78 is 0. The topological polar surface area (TPSA) is 3.24 Å². The molecule has 1 saturated carbocycles. The van der Waals surface area contributed by atoms with Crippen LogP contribution in [0, 0.1) is 0 Å². The number of nitrogens with zero attached hydrogens (tertiary/aromatic N) is 1. The minimum absolute atomic E-state index is 0.0144. The Kier molecular flexibility index (Phi) is 5.83. The van der Waals surface area contributed by atoms with E-state index < -0.39 is 0 Å². The molecule has 6 aromatic rings. The van der Waals surface area contributed by atoms with E-state index in [4.69, 9.17) is 0 Å². The van der Waals surface area contributed by atoms with Gasteiger partial charge in [0.1, 0.15) is 0 Å². The van der Waals surface area contributed by atoms with E-state index in [2.05, 4.69) is 160 Å². The van der Waals surface area contributed by atoms with Crippen LogP contribution < -0.4 is 4.90 Å². The first kappa shape index (κ1) is 27.7. The highest BCUT2D eigenvalue weighted by Crippen LogP contribution is 2.61. The molecule has 0 radical (unpaired) electrons. The number of anilines is 2. The van der Waals surface area contributed by atoms with Gasteiger partial charge in [0.15, 0.2) is 0 Å². The summed E-state index contributed by atoms with van der Waals surface area (Å²) in [5.41, 5.74) is 15.1. The van der Waals surface area contributed by atoms with Crippen LogP contribution in [0.5, 0.6) is 0 Å². The van der Waals surface area contributed by atoms with E-state index in [1.165, 1.54) is 97.9 Å². The third kappa shape index (κ3) is 3.63. The average Bonchev–Trinajstić information content (AvgIpc) is 3.44.